The van der Waals surface area contributed by atoms with Gasteiger partial charge >= 0.3 is 0 Å². The maximum Gasteiger partial charge on any atom is 0.263 e. The largest absolute Gasteiger partial charge is 0.396 e. The molecule has 1 fully saturated rings. The van der Waals surface area contributed by atoms with Crippen molar-refractivity contribution in [3.05, 3.63) is 10.4 Å². The second-order valence-electron chi connectivity index (χ2n) is 5.61. The standard InChI is InChI=1S/C14H20N4OS/c1-8(2)14(4-5-14)7-18-13-9(6-15)10(16)11(20-13)12(19)17-3/h8,18H,4-5,7,16H2,1-3H3,(H,17,19). The molecule has 1 aliphatic rings. The van der Waals surface area contributed by atoms with Crippen LogP contribution in [-0.4, -0.2) is 19.5 Å². The van der Waals surface area contributed by atoms with E-state index in [1.807, 2.05) is 0 Å². The summed E-state index contributed by atoms with van der Waals surface area (Å²) in [6.45, 7) is 5.27. The van der Waals surface area contributed by atoms with Crippen LogP contribution in [0.1, 0.15) is 41.9 Å². The van der Waals surface area contributed by atoms with Gasteiger partial charge in [0.1, 0.15) is 21.5 Å². The van der Waals surface area contributed by atoms with Gasteiger partial charge in [0.2, 0.25) is 0 Å². The van der Waals surface area contributed by atoms with Crippen LogP contribution in [0.4, 0.5) is 10.7 Å². The summed E-state index contributed by atoms with van der Waals surface area (Å²) in [5.74, 6) is 0.360. The predicted octanol–water partition coefficient (Wildman–Crippen LogP) is 2.41. The van der Waals surface area contributed by atoms with Crippen molar-refractivity contribution >= 4 is 27.9 Å². The highest BCUT2D eigenvalue weighted by Crippen LogP contribution is 2.52. The van der Waals surface area contributed by atoms with Crippen molar-refractivity contribution in [2.75, 3.05) is 24.6 Å². The van der Waals surface area contributed by atoms with Crippen molar-refractivity contribution in [1.29, 1.82) is 5.26 Å². The van der Waals surface area contributed by atoms with E-state index < -0.39 is 0 Å². The van der Waals surface area contributed by atoms with E-state index in [9.17, 15) is 10.1 Å². The first-order valence-corrected chi connectivity index (χ1v) is 7.55. The lowest BCUT2D eigenvalue weighted by atomic mass is 9.92. The highest BCUT2D eigenvalue weighted by atomic mass is 32.1. The second kappa shape index (κ2) is 5.33. The molecule has 20 heavy (non-hydrogen) atoms. The van der Waals surface area contributed by atoms with E-state index in [1.54, 1.807) is 7.05 Å². The molecule has 5 nitrogen and oxygen atoms in total. The summed E-state index contributed by atoms with van der Waals surface area (Å²) in [5.41, 5.74) is 6.88. The molecule has 0 unspecified atom stereocenters. The summed E-state index contributed by atoms with van der Waals surface area (Å²) in [6.07, 6.45) is 2.42. The fourth-order valence-corrected chi connectivity index (χ4v) is 3.35. The number of nitrogens with two attached hydrogens (primary N) is 1. The minimum Gasteiger partial charge on any atom is -0.396 e. The number of hydrogen-bond acceptors (Lipinski definition) is 5. The van der Waals surface area contributed by atoms with Gasteiger partial charge in [-0.3, -0.25) is 4.79 Å². The third-order valence-corrected chi connectivity index (χ3v) is 5.37. The Bertz CT molecular complexity index is 566. The van der Waals surface area contributed by atoms with Gasteiger partial charge in [0.15, 0.2) is 0 Å². The summed E-state index contributed by atoms with van der Waals surface area (Å²) >= 11 is 1.25. The number of nitrogens with one attached hydrogen (secondary N) is 2. The van der Waals surface area contributed by atoms with E-state index in [-0.39, 0.29) is 11.6 Å². The SMILES string of the molecule is CNC(=O)c1sc(NCC2(C(C)C)CC2)c(C#N)c1N. The Morgan fingerprint density at radius 3 is 2.65 bits per heavy atom. The van der Waals surface area contributed by atoms with E-state index in [1.165, 1.54) is 24.2 Å². The van der Waals surface area contributed by atoms with Crippen molar-refractivity contribution in [1.82, 2.24) is 5.32 Å². The maximum atomic E-state index is 11.7. The molecule has 0 spiro atoms. The molecular weight excluding hydrogens is 272 g/mol. The first kappa shape index (κ1) is 14.7. The van der Waals surface area contributed by atoms with Gasteiger partial charge in [-0.25, -0.2) is 0 Å². The van der Waals surface area contributed by atoms with E-state index in [2.05, 4.69) is 30.6 Å². The van der Waals surface area contributed by atoms with Crippen LogP contribution >= 0.6 is 11.3 Å². The zero-order valence-corrected chi connectivity index (χ0v) is 12.9. The molecule has 0 aliphatic heterocycles. The van der Waals surface area contributed by atoms with Gasteiger partial charge in [-0.05, 0) is 24.2 Å². The van der Waals surface area contributed by atoms with Gasteiger partial charge in [-0.2, -0.15) is 5.26 Å². The lowest BCUT2D eigenvalue weighted by Gasteiger charge is -2.20. The minimum absolute atomic E-state index is 0.248. The second-order valence-corrected chi connectivity index (χ2v) is 6.63. The molecule has 6 heteroatoms. The van der Waals surface area contributed by atoms with E-state index in [0.717, 1.165) is 6.54 Å². The monoisotopic (exact) mass is 292 g/mol. The molecule has 0 aromatic carbocycles. The third-order valence-electron chi connectivity index (χ3n) is 4.21. The summed E-state index contributed by atoms with van der Waals surface area (Å²) < 4.78 is 0. The molecule has 1 aliphatic carbocycles. The highest BCUT2D eigenvalue weighted by molar-refractivity contribution is 7.18. The van der Waals surface area contributed by atoms with Crippen LogP contribution in [0.5, 0.6) is 0 Å². The molecule has 1 aromatic heterocycles. The summed E-state index contributed by atoms with van der Waals surface area (Å²) in [5, 5.41) is 15.8. The van der Waals surface area contributed by atoms with Gasteiger partial charge in [-0.1, -0.05) is 13.8 Å². The van der Waals surface area contributed by atoms with E-state index in [4.69, 9.17) is 5.73 Å². The molecule has 0 radical (unpaired) electrons. The number of nitriles is 1. The molecular formula is C14H20N4OS. The van der Waals surface area contributed by atoms with Crippen LogP contribution in [-0.2, 0) is 0 Å². The molecule has 1 aromatic rings. The Morgan fingerprint density at radius 2 is 2.20 bits per heavy atom. The molecule has 0 bridgehead atoms. The Hall–Kier alpha value is -1.74. The molecule has 1 amide bonds. The number of thiophene rings is 1. The molecule has 0 saturated heterocycles. The number of nitrogen functional groups attached to an aromatic ring is 1. The third kappa shape index (κ3) is 2.46. The van der Waals surface area contributed by atoms with Crippen molar-refractivity contribution < 1.29 is 4.79 Å². The smallest absolute Gasteiger partial charge is 0.263 e. The Morgan fingerprint density at radius 1 is 1.55 bits per heavy atom. The summed E-state index contributed by atoms with van der Waals surface area (Å²) in [4.78, 5) is 12.1. The molecule has 0 atom stereocenters. The number of rotatable bonds is 5. The Kier molecular flexibility index (Phi) is 3.91. The van der Waals surface area contributed by atoms with Gasteiger partial charge < -0.3 is 16.4 Å². The number of carbonyl (C=O) groups is 1. The normalized spacial score (nSPS) is 15.8. The fraction of sp³-hybridized carbons (Fsp3) is 0.571. The molecule has 1 heterocycles. The maximum absolute atomic E-state index is 11.7. The Balaban J connectivity index is 2.20. The van der Waals surface area contributed by atoms with Crippen LogP contribution in [0.3, 0.4) is 0 Å². The zero-order chi connectivity index (χ0) is 14.9. The number of nitrogens with zero attached hydrogens (tertiary/aromatic N) is 1. The van der Waals surface area contributed by atoms with Gasteiger partial charge in [0.05, 0.1) is 5.69 Å². The van der Waals surface area contributed by atoms with Crippen molar-refractivity contribution in [2.24, 2.45) is 11.3 Å². The van der Waals surface area contributed by atoms with Crippen LogP contribution < -0.4 is 16.4 Å². The van der Waals surface area contributed by atoms with Crippen LogP contribution in [0.15, 0.2) is 0 Å². The lowest BCUT2D eigenvalue weighted by molar-refractivity contribution is 0.0968. The zero-order valence-electron chi connectivity index (χ0n) is 12.0. The average molecular weight is 292 g/mol. The summed E-state index contributed by atoms with van der Waals surface area (Å²) in [7, 11) is 1.55. The van der Waals surface area contributed by atoms with Crippen molar-refractivity contribution in [3.63, 3.8) is 0 Å². The number of hydrogen-bond donors (Lipinski definition) is 3. The van der Waals surface area contributed by atoms with Crippen LogP contribution in [0.2, 0.25) is 0 Å². The first-order chi connectivity index (χ1) is 9.45. The molecule has 1 saturated carbocycles. The fourth-order valence-electron chi connectivity index (χ4n) is 2.34. The average Bonchev–Trinajstić information content (AvgIpc) is 3.15. The quantitative estimate of drug-likeness (QED) is 0.777. The Labute approximate surface area is 123 Å². The highest BCUT2D eigenvalue weighted by Gasteiger charge is 2.45. The number of anilines is 2. The van der Waals surface area contributed by atoms with Gasteiger partial charge in [0.25, 0.3) is 5.91 Å². The minimum atomic E-state index is -0.248. The van der Waals surface area contributed by atoms with Crippen molar-refractivity contribution in [3.8, 4) is 6.07 Å². The van der Waals surface area contributed by atoms with Crippen LogP contribution in [0.25, 0.3) is 0 Å². The van der Waals surface area contributed by atoms with Crippen molar-refractivity contribution in [2.45, 2.75) is 26.7 Å². The molecule has 108 valence electrons. The molecule has 2 rings (SSSR count). The topological polar surface area (TPSA) is 90.9 Å². The number of amides is 1. The van der Waals surface area contributed by atoms with Gasteiger partial charge in [0, 0.05) is 13.6 Å². The first-order valence-electron chi connectivity index (χ1n) is 6.73. The predicted molar refractivity (Wildman–Crippen MR) is 81.8 cm³/mol. The van der Waals surface area contributed by atoms with E-state index in [0.29, 0.717) is 26.8 Å². The lowest BCUT2D eigenvalue weighted by Crippen LogP contribution is -2.20. The molecule has 4 N–H and O–H groups in total. The summed E-state index contributed by atoms with van der Waals surface area (Å²) in [6, 6.07) is 2.09. The van der Waals surface area contributed by atoms with Crippen LogP contribution in [0, 0.1) is 22.7 Å². The van der Waals surface area contributed by atoms with E-state index >= 15 is 0 Å². The van der Waals surface area contributed by atoms with Gasteiger partial charge in [-0.15, -0.1) is 11.3 Å². The number of carbonyl (C=O) groups excluding carboxylic acids is 1.